The number of aromatic nitrogens is 1. The van der Waals surface area contributed by atoms with Crippen molar-refractivity contribution in [2.24, 2.45) is 0 Å². The standard InChI is InChI=1S/C8H11NS.C7H8O3S/c1-8-2-4-9(5-3-8)6-7-10;1-6-2-4-7(5-3-6)11(8,9)10/h2-5H,6-7H2,1H3;2-5H,1H3,(H,8,9,10). The van der Waals surface area contributed by atoms with Gasteiger partial charge >= 0.3 is 0 Å². The van der Waals surface area contributed by atoms with Crippen LogP contribution in [-0.2, 0) is 16.7 Å². The van der Waals surface area contributed by atoms with Crippen molar-refractivity contribution >= 4 is 22.7 Å². The third kappa shape index (κ3) is 6.75. The SMILES string of the molecule is Cc1cc[n+](CCS)cc1.Cc1ccc(S(=O)(=O)[O-])cc1. The fourth-order valence-electron chi connectivity index (χ4n) is 1.50. The molecule has 0 bridgehead atoms. The predicted molar refractivity (Wildman–Crippen MR) is 84.4 cm³/mol. The highest BCUT2D eigenvalue weighted by atomic mass is 32.2. The van der Waals surface area contributed by atoms with E-state index in [2.05, 4.69) is 48.6 Å². The molecular weight excluding hydrogens is 306 g/mol. The van der Waals surface area contributed by atoms with Crippen LogP contribution < -0.4 is 4.57 Å². The number of aryl methyl sites for hydroxylation is 3. The van der Waals surface area contributed by atoms with E-state index >= 15 is 0 Å². The lowest BCUT2D eigenvalue weighted by Gasteiger charge is -2.05. The lowest BCUT2D eigenvalue weighted by Crippen LogP contribution is -2.33. The van der Waals surface area contributed by atoms with E-state index in [0.29, 0.717) is 0 Å². The average molecular weight is 325 g/mol. The number of pyridine rings is 1. The largest absolute Gasteiger partial charge is 0.744 e. The monoisotopic (exact) mass is 325 g/mol. The van der Waals surface area contributed by atoms with Gasteiger partial charge in [0.15, 0.2) is 18.9 Å². The maximum atomic E-state index is 10.4. The van der Waals surface area contributed by atoms with Gasteiger partial charge in [-0.05, 0) is 31.5 Å². The highest BCUT2D eigenvalue weighted by Gasteiger charge is 1.97. The highest BCUT2D eigenvalue weighted by molar-refractivity contribution is 7.85. The second kappa shape index (κ2) is 8.17. The van der Waals surface area contributed by atoms with Crippen LogP contribution in [0.2, 0.25) is 0 Å². The van der Waals surface area contributed by atoms with Gasteiger partial charge in [0.1, 0.15) is 10.1 Å². The molecule has 1 aromatic carbocycles. The summed E-state index contributed by atoms with van der Waals surface area (Å²) in [6.45, 7) is 4.90. The van der Waals surface area contributed by atoms with Gasteiger partial charge in [-0.25, -0.2) is 13.0 Å². The van der Waals surface area contributed by atoms with E-state index in [9.17, 15) is 13.0 Å². The van der Waals surface area contributed by atoms with Gasteiger partial charge in [0, 0.05) is 17.9 Å². The summed E-state index contributed by atoms with van der Waals surface area (Å²) in [6.07, 6.45) is 4.15. The Hall–Kier alpha value is -1.37. The van der Waals surface area contributed by atoms with Crippen molar-refractivity contribution < 1.29 is 17.5 Å². The molecule has 0 spiro atoms. The van der Waals surface area contributed by atoms with Crippen LogP contribution >= 0.6 is 12.6 Å². The second-order valence-corrected chi connectivity index (χ2v) is 6.43. The minimum Gasteiger partial charge on any atom is -0.744 e. The summed E-state index contributed by atoms with van der Waals surface area (Å²) < 4.78 is 33.3. The Balaban J connectivity index is 0.000000211. The van der Waals surface area contributed by atoms with Gasteiger partial charge in [-0.1, -0.05) is 17.7 Å². The third-order valence-corrected chi connectivity index (χ3v) is 3.78. The molecule has 114 valence electrons. The second-order valence-electron chi connectivity index (χ2n) is 4.60. The van der Waals surface area contributed by atoms with E-state index in [-0.39, 0.29) is 4.90 Å². The average Bonchev–Trinajstić information content (AvgIpc) is 2.42. The van der Waals surface area contributed by atoms with Crippen molar-refractivity contribution in [2.75, 3.05) is 5.75 Å². The zero-order chi connectivity index (χ0) is 15.9. The number of rotatable bonds is 3. The molecule has 0 N–H and O–H groups in total. The molecule has 0 radical (unpaired) electrons. The molecule has 0 saturated carbocycles. The van der Waals surface area contributed by atoms with Crippen molar-refractivity contribution in [3.05, 3.63) is 59.9 Å². The van der Waals surface area contributed by atoms with Crippen molar-refractivity contribution in [3.63, 3.8) is 0 Å². The van der Waals surface area contributed by atoms with Gasteiger partial charge in [-0.3, -0.25) is 0 Å². The van der Waals surface area contributed by atoms with Gasteiger partial charge in [-0.15, -0.1) is 0 Å². The lowest BCUT2D eigenvalue weighted by molar-refractivity contribution is -0.692. The first-order valence-electron chi connectivity index (χ1n) is 6.42. The number of hydrogen-bond acceptors (Lipinski definition) is 4. The van der Waals surface area contributed by atoms with Crippen LogP contribution in [0.25, 0.3) is 0 Å². The summed E-state index contributed by atoms with van der Waals surface area (Å²) in [4.78, 5) is -0.178. The van der Waals surface area contributed by atoms with E-state index in [1.54, 1.807) is 12.1 Å². The fourth-order valence-corrected chi connectivity index (χ4v) is 2.20. The molecule has 2 rings (SSSR count). The Labute approximate surface area is 131 Å². The molecule has 0 amide bonds. The van der Waals surface area contributed by atoms with Gasteiger partial charge in [0.05, 0.1) is 4.90 Å². The van der Waals surface area contributed by atoms with Crippen molar-refractivity contribution in [1.29, 1.82) is 0 Å². The molecule has 0 saturated heterocycles. The van der Waals surface area contributed by atoms with Crippen molar-refractivity contribution in [3.8, 4) is 0 Å². The summed E-state index contributed by atoms with van der Waals surface area (Å²) in [5.74, 6) is 0.897. The molecule has 0 aliphatic heterocycles. The first kappa shape index (κ1) is 17.7. The predicted octanol–water partition coefficient (Wildman–Crippen LogP) is 2.11. The van der Waals surface area contributed by atoms with E-state index < -0.39 is 10.1 Å². The van der Waals surface area contributed by atoms with Crippen LogP contribution in [0.4, 0.5) is 0 Å². The van der Waals surface area contributed by atoms with Crippen LogP contribution in [0, 0.1) is 13.8 Å². The minimum absolute atomic E-state index is 0.178. The molecular formula is C15H19NO3S2. The van der Waals surface area contributed by atoms with Gasteiger partial charge < -0.3 is 4.55 Å². The summed E-state index contributed by atoms with van der Waals surface area (Å²) in [7, 11) is -4.27. The molecule has 21 heavy (non-hydrogen) atoms. The summed E-state index contributed by atoms with van der Waals surface area (Å²) in [6, 6.07) is 9.98. The summed E-state index contributed by atoms with van der Waals surface area (Å²) in [5, 5.41) is 0. The first-order chi connectivity index (χ1) is 9.82. The Bertz CT molecular complexity index is 650. The van der Waals surface area contributed by atoms with Crippen LogP contribution in [0.3, 0.4) is 0 Å². The topological polar surface area (TPSA) is 61.1 Å². The molecule has 2 aromatic rings. The molecule has 0 atom stereocenters. The van der Waals surface area contributed by atoms with Gasteiger partial charge in [0.25, 0.3) is 0 Å². The molecule has 0 unspecified atom stereocenters. The lowest BCUT2D eigenvalue weighted by atomic mass is 10.2. The summed E-state index contributed by atoms with van der Waals surface area (Å²) in [5.41, 5.74) is 2.23. The smallest absolute Gasteiger partial charge is 0.169 e. The van der Waals surface area contributed by atoms with E-state index in [1.165, 1.54) is 17.7 Å². The van der Waals surface area contributed by atoms with Crippen LogP contribution in [0.15, 0.2) is 53.7 Å². The van der Waals surface area contributed by atoms with Crippen molar-refractivity contribution in [1.82, 2.24) is 0 Å². The Morgan fingerprint density at radius 2 is 1.48 bits per heavy atom. The highest BCUT2D eigenvalue weighted by Crippen LogP contribution is 2.08. The molecule has 1 heterocycles. The number of thiol groups is 1. The zero-order valence-corrected chi connectivity index (χ0v) is 13.8. The normalized spacial score (nSPS) is 10.7. The Morgan fingerprint density at radius 3 is 1.90 bits per heavy atom. The fraction of sp³-hybridized carbons (Fsp3) is 0.267. The minimum atomic E-state index is -4.27. The molecule has 0 fully saturated rings. The van der Waals surface area contributed by atoms with Crippen LogP contribution in [0.5, 0.6) is 0 Å². The quantitative estimate of drug-likeness (QED) is 0.534. The number of nitrogens with zero attached hydrogens (tertiary/aromatic N) is 1. The number of hydrogen-bond donors (Lipinski definition) is 1. The van der Waals surface area contributed by atoms with E-state index in [1.807, 2.05) is 6.92 Å². The van der Waals surface area contributed by atoms with Crippen LogP contribution in [-0.4, -0.2) is 18.7 Å². The molecule has 0 aliphatic carbocycles. The number of benzene rings is 1. The maximum absolute atomic E-state index is 10.4. The van der Waals surface area contributed by atoms with Crippen LogP contribution in [0.1, 0.15) is 11.1 Å². The van der Waals surface area contributed by atoms with E-state index in [0.717, 1.165) is 17.9 Å². The van der Waals surface area contributed by atoms with Gasteiger partial charge in [0.2, 0.25) is 0 Å². The van der Waals surface area contributed by atoms with Crippen molar-refractivity contribution in [2.45, 2.75) is 25.3 Å². The molecule has 6 heteroatoms. The maximum Gasteiger partial charge on any atom is 0.169 e. The van der Waals surface area contributed by atoms with E-state index in [4.69, 9.17) is 0 Å². The molecule has 0 aliphatic rings. The third-order valence-electron chi connectivity index (χ3n) is 2.73. The molecule has 4 nitrogen and oxygen atoms in total. The van der Waals surface area contributed by atoms with Gasteiger partial charge in [-0.2, -0.15) is 12.6 Å². The Morgan fingerprint density at radius 1 is 1.00 bits per heavy atom. The summed E-state index contributed by atoms with van der Waals surface area (Å²) >= 11 is 4.14. The Kier molecular flexibility index (Phi) is 6.87. The first-order valence-corrected chi connectivity index (χ1v) is 8.46. The molecule has 1 aromatic heterocycles. The zero-order valence-electron chi connectivity index (χ0n) is 12.1.